The third-order valence-electron chi connectivity index (χ3n) is 4.35. The third-order valence-corrected chi connectivity index (χ3v) is 4.59. The van der Waals surface area contributed by atoms with Crippen molar-refractivity contribution in [3.63, 3.8) is 0 Å². The van der Waals surface area contributed by atoms with Crippen LogP contribution in [0.4, 0.5) is 0 Å². The Morgan fingerprint density at radius 1 is 1.38 bits per heavy atom. The van der Waals surface area contributed by atoms with Crippen LogP contribution in [-0.2, 0) is 15.9 Å². The second-order valence-corrected chi connectivity index (χ2v) is 6.16. The number of methoxy groups -OCH3 is 1. The Balaban J connectivity index is 2.16. The molecule has 1 aromatic carbocycles. The van der Waals surface area contributed by atoms with E-state index in [0.29, 0.717) is 0 Å². The second kappa shape index (κ2) is 8.14. The van der Waals surface area contributed by atoms with E-state index in [1.54, 1.807) is 0 Å². The van der Waals surface area contributed by atoms with Crippen molar-refractivity contribution in [1.82, 2.24) is 5.32 Å². The predicted octanol–water partition coefficient (Wildman–Crippen LogP) is 3.45. The van der Waals surface area contributed by atoms with Crippen molar-refractivity contribution in [1.29, 1.82) is 0 Å². The van der Waals surface area contributed by atoms with E-state index >= 15 is 0 Å². The molecule has 1 aliphatic heterocycles. The molecule has 1 unspecified atom stereocenters. The lowest BCUT2D eigenvalue weighted by Gasteiger charge is -2.43. The van der Waals surface area contributed by atoms with Crippen molar-refractivity contribution in [3.8, 4) is 0 Å². The summed E-state index contributed by atoms with van der Waals surface area (Å²) in [4.78, 5) is 0. The quantitative estimate of drug-likeness (QED) is 0.836. The molecule has 0 aromatic heterocycles. The summed E-state index contributed by atoms with van der Waals surface area (Å²) in [5.74, 6) is 0. The third kappa shape index (κ3) is 4.43. The largest absolute Gasteiger partial charge is 0.381 e. The van der Waals surface area contributed by atoms with Crippen LogP contribution in [-0.4, -0.2) is 38.5 Å². The maximum absolute atomic E-state index is 6.12. The smallest absolute Gasteiger partial charge is 0.0877 e. The molecule has 3 nitrogen and oxygen atoms in total. The van der Waals surface area contributed by atoms with Crippen LogP contribution in [0.5, 0.6) is 0 Å². The van der Waals surface area contributed by atoms with Crippen LogP contribution in [0.1, 0.15) is 31.7 Å². The van der Waals surface area contributed by atoms with Crippen LogP contribution in [0.3, 0.4) is 0 Å². The summed E-state index contributed by atoms with van der Waals surface area (Å²) in [6.07, 6.45) is 3.91. The Hall–Kier alpha value is -0.610. The summed E-state index contributed by atoms with van der Waals surface area (Å²) in [5, 5.41) is 4.47. The minimum absolute atomic E-state index is 0.143. The van der Waals surface area contributed by atoms with Gasteiger partial charge >= 0.3 is 0 Å². The van der Waals surface area contributed by atoms with Crippen LogP contribution in [0, 0.1) is 0 Å². The first kappa shape index (κ1) is 16.8. The van der Waals surface area contributed by atoms with Gasteiger partial charge in [-0.25, -0.2) is 0 Å². The minimum atomic E-state index is -0.143. The van der Waals surface area contributed by atoms with Crippen LogP contribution in [0.25, 0.3) is 0 Å². The van der Waals surface area contributed by atoms with Crippen LogP contribution < -0.4 is 5.32 Å². The molecule has 0 radical (unpaired) electrons. The first-order chi connectivity index (χ1) is 10.2. The van der Waals surface area contributed by atoms with E-state index in [9.17, 15) is 0 Å². The van der Waals surface area contributed by atoms with Crippen LogP contribution >= 0.6 is 11.6 Å². The molecule has 1 saturated heterocycles. The monoisotopic (exact) mass is 311 g/mol. The summed E-state index contributed by atoms with van der Waals surface area (Å²) < 4.78 is 11.5. The molecule has 1 N–H and O–H groups in total. The molecule has 1 aliphatic rings. The Morgan fingerprint density at radius 3 is 2.76 bits per heavy atom. The van der Waals surface area contributed by atoms with Crippen molar-refractivity contribution in [2.24, 2.45) is 0 Å². The van der Waals surface area contributed by atoms with Gasteiger partial charge < -0.3 is 14.8 Å². The molecule has 1 heterocycles. The highest BCUT2D eigenvalue weighted by molar-refractivity contribution is 6.30. The Labute approximate surface area is 133 Å². The van der Waals surface area contributed by atoms with Crippen LogP contribution in [0.2, 0.25) is 5.02 Å². The SMILES string of the molecule is CCCNC(Cc1cccc(Cl)c1)C1(OC)CCOCC1. The van der Waals surface area contributed by atoms with Crippen molar-refractivity contribution in [2.45, 2.75) is 44.2 Å². The van der Waals surface area contributed by atoms with Gasteiger partial charge in [-0.2, -0.15) is 0 Å². The second-order valence-electron chi connectivity index (χ2n) is 5.72. The molecule has 0 aliphatic carbocycles. The van der Waals surface area contributed by atoms with Gasteiger partial charge in [0.25, 0.3) is 0 Å². The Bertz CT molecular complexity index is 433. The first-order valence-electron chi connectivity index (χ1n) is 7.81. The number of rotatable bonds is 7. The normalized spacial score (nSPS) is 19.4. The van der Waals surface area contributed by atoms with E-state index in [1.165, 1.54) is 5.56 Å². The summed E-state index contributed by atoms with van der Waals surface area (Å²) in [6, 6.07) is 8.39. The fraction of sp³-hybridized carbons (Fsp3) is 0.647. The lowest BCUT2D eigenvalue weighted by molar-refractivity contribution is -0.110. The molecule has 118 valence electrons. The molecule has 0 spiro atoms. The lowest BCUT2D eigenvalue weighted by Crippen LogP contribution is -2.56. The Morgan fingerprint density at radius 2 is 2.14 bits per heavy atom. The predicted molar refractivity (Wildman–Crippen MR) is 87.0 cm³/mol. The van der Waals surface area contributed by atoms with Gasteiger partial charge in [0.15, 0.2) is 0 Å². The molecule has 0 bridgehead atoms. The molecular formula is C17H26ClNO2. The summed E-state index contributed by atoms with van der Waals surface area (Å²) in [5.41, 5.74) is 1.11. The van der Waals surface area contributed by atoms with Crippen molar-refractivity contribution < 1.29 is 9.47 Å². The number of ether oxygens (including phenoxy) is 2. The van der Waals surface area contributed by atoms with E-state index in [-0.39, 0.29) is 11.6 Å². The maximum atomic E-state index is 6.12. The first-order valence-corrected chi connectivity index (χ1v) is 8.18. The molecular weight excluding hydrogens is 286 g/mol. The molecule has 0 amide bonds. The van der Waals surface area contributed by atoms with Gasteiger partial charge in [-0.15, -0.1) is 0 Å². The zero-order valence-corrected chi connectivity index (χ0v) is 13.8. The van der Waals surface area contributed by atoms with Gasteiger partial charge in [0.1, 0.15) is 0 Å². The molecule has 4 heteroatoms. The fourth-order valence-electron chi connectivity index (χ4n) is 3.07. The summed E-state index contributed by atoms with van der Waals surface area (Å²) in [7, 11) is 1.82. The van der Waals surface area contributed by atoms with Gasteiger partial charge in [0.2, 0.25) is 0 Å². The van der Waals surface area contributed by atoms with Gasteiger partial charge in [0, 0.05) is 44.2 Å². The van der Waals surface area contributed by atoms with Gasteiger partial charge in [-0.3, -0.25) is 0 Å². The van der Waals surface area contributed by atoms with E-state index in [2.05, 4.69) is 18.3 Å². The van der Waals surface area contributed by atoms with E-state index in [4.69, 9.17) is 21.1 Å². The minimum Gasteiger partial charge on any atom is -0.381 e. The molecule has 1 atom stereocenters. The molecule has 2 rings (SSSR count). The lowest BCUT2D eigenvalue weighted by atomic mass is 9.82. The maximum Gasteiger partial charge on any atom is 0.0877 e. The standard InChI is InChI=1S/C17H26ClNO2/c1-3-9-19-16(13-14-5-4-6-15(18)12-14)17(20-2)7-10-21-11-8-17/h4-6,12,16,19H,3,7-11,13H2,1-2H3. The zero-order chi connectivity index (χ0) is 15.1. The van der Waals surface area contributed by atoms with E-state index in [1.807, 2.05) is 25.3 Å². The van der Waals surface area contributed by atoms with E-state index < -0.39 is 0 Å². The summed E-state index contributed by atoms with van der Waals surface area (Å²) in [6.45, 7) is 4.73. The van der Waals surface area contributed by atoms with Crippen LogP contribution in [0.15, 0.2) is 24.3 Å². The van der Waals surface area contributed by atoms with Gasteiger partial charge in [-0.1, -0.05) is 30.7 Å². The Kier molecular flexibility index (Phi) is 6.49. The highest BCUT2D eigenvalue weighted by Crippen LogP contribution is 2.30. The average molecular weight is 312 g/mol. The molecule has 21 heavy (non-hydrogen) atoms. The zero-order valence-electron chi connectivity index (χ0n) is 13.0. The van der Waals surface area contributed by atoms with Crippen molar-refractivity contribution >= 4 is 11.6 Å². The number of hydrogen-bond acceptors (Lipinski definition) is 3. The van der Waals surface area contributed by atoms with Crippen molar-refractivity contribution in [3.05, 3.63) is 34.9 Å². The summed E-state index contributed by atoms with van der Waals surface area (Å²) >= 11 is 6.12. The molecule has 0 saturated carbocycles. The highest BCUT2D eigenvalue weighted by atomic mass is 35.5. The molecule has 1 aromatic rings. The highest BCUT2D eigenvalue weighted by Gasteiger charge is 2.40. The van der Waals surface area contributed by atoms with E-state index in [0.717, 1.165) is 50.5 Å². The number of hydrogen-bond donors (Lipinski definition) is 1. The fourth-order valence-corrected chi connectivity index (χ4v) is 3.29. The number of benzene rings is 1. The average Bonchev–Trinajstić information content (AvgIpc) is 2.52. The van der Waals surface area contributed by atoms with Gasteiger partial charge in [0.05, 0.1) is 5.60 Å². The molecule has 1 fully saturated rings. The number of halogens is 1. The van der Waals surface area contributed by atoms with Gasteiger partial charge in [-0.05, 0) is 37.1 Å². The topological polar surface area (TPSA) is 30.5 Å². The van der Waals surface area contributed by atoms with Crippen molar-refractivity contribution in [2.75, 3.05) is 26.9 Å². The number of nitrogens with one attached hydrogen (secondary N) is 1.